The van der Waals surface area contributed by atoms with Crippen LogP contribution in [-0.2, 0) is 0 Å². The van der Waals surface area contributed by atoms with Crippen LogP contribution >= 0.6 is 11.6 Å². The Hall–Kier alpha value is -2.28. The van der Waals surface area contributed by atoms with Gasteiger partial charge in [-0.2, -0.15) is 13.2 Å². The van der Waals surface area contributed by atoms with Gasteiger partial charge in [0.15, 0.2) is 0 Å². The number of primary amides is 1. The number of aromatic nitrogens is 1. The number of benzene rings is 1. The summed E-state index contributed by atoms with van der Waals surface area (Å²) in [4.78, 5) is 14.9. The number of ether oxygens (including phenoxy) is 1. The summed E-state index contributed by atoms with van der Waals surface area (Å²) in [7, 11) is 0. The summed E-state index contributed by atoms with van der Waals surface area (Å²) >= 11 is 5.67. The molecule has 1 unspecified atom stereocenters. The molecule has 2 aromatic rings. The molecular formula is C16H14ClF3N2O2. The Labute approximate surface area is 141 Å². The molecule has 0 saturated heterocycles. The van der Waals surface area contributed by atoms with Crippen LogP contribution in [0, 0.1) is 0 Å². The molecule has 4 nitrogen and oxygen atoms in total. The molecule has 1 aromatic heterocycles. The molecule has 1 aromatic carbocycles. The van der Waals surface area contributed by atoms with Gasteiger partial charge in [0.2, 0.25) is 5.91 Å². The van der Waals surface area contributed by atoms with Gasteiger partial charge >= 0.3 is 6.18 Å². The SMILES string of the molecule is NC(=O)c1ccc(C(CCC(F)(F)F)Oc2ccc(Cl)nc2)cc1. The molecule has 8 heteroatoms. The number of rotatable bonds is 6. The van der Waals surface area contributed by atoms with Gasteiger partial charge in [0.05, 0.1) is 6.20 Å². The third-order valence-electron chi connectivity index (χ3n) is 3.24. The van der Waals surface area contributed by atoms with Crippen molar-refractivity contribution in [3.05, 3.63) is 58.9 Å². The van der Waals surface area contributed by atoms with Crippen LogP contribution in [0.1, 0.15) is 34.9 Å². The van der Waals surface area contributed by atoms with E-state index in [1.807, 2.05) is 0 Å². The number of carbonyl (C=O) groups is 1. The molecule has 1 atom stereocenters. The average Bonchev–Trinajstić information content (AvgIpc) is 2.52. The maximum atomic E-state index is 12.5. The van der Waals surface area contributed by atoms with Gasteiger partial charge in [-0.1, -0.05) is 23.7 Å². The molecular weight excluding hydrogens is 345 g/mol. The second-order valence-corrected chi connectivity index (χ2v) is 5.45. The summed E-state index contributed by atoms with van der Waals surface area (Å²) in [5.41, 5.74) is 5.92. The quantitative estimate of drug-likeness (QED) is 0.783. The van der Waals surface area contributed by atoms with Gasteiger partial charge in [-0.3, -0.25) is 4.79 Å². The van der Waals surface area contributed by atoms with E-state index >= 15 is 0 Å². The molecule has 0 saturated carbocycles. The first-order valence-electron chi connectivity index (χ1n) is 6.99. The van der Waals surface area contributed by atoms with Crippen LogP contribution < -0.4 is 10.5 Å². The first-order chi connectivity index (χ1) is 11.2. The Balaban J connectivity index is 2.20. The standard InChI is InChI=1S/C16H14ClF3N2O2/c17-14-6-5-12(9-22-14)24-13(7-8-16(18,19)20)10-1-3-11(4-2-10)15(21)23/h1-6,9,13H,7-8H2,(H2,21,23). The maximum Gasteiger partial charge on any atom is 0.389 e. The van der Waals surface area contributed by atoms with Crippen molar-refractivity contribution in [3.63, 3.8) is 0 Å². The second kappa shape index (κ2) is 7.53. The van der Waals surface area contributed by atoms with E-state index in [0.717, 1.165) is 0 Å². The van der Waals surface area contributed by atoms with E-state index in [1.165, 1.54) is 42.6 Å². The Bertz CT molecular complexity index is 688. The van der Waals surface area contributed by atoms with Crippen molar-refractivity contribution in [2.45, 2.75) is 25.1 Å². The lowest BCUT2D eigenvalue weighted by molar-refractivity contribution is -0.139. The number of amides is 1. The monoisotopic (exact) mass is 358 g/mol. The van der Waals surface area contributed by atoms with E-state index < -0.39 is 24.6 Å². The third-order valence-corrected chi connectivity index (χ3v) is 3.46. The lowest BCUT2D eigenvalue weighted by Crippen LogP contribution is -2.15. The lowest BCUT2D eigenvalue weighted by Gasteiger charge is -2.20. The van der Waals surface area contributed by atoms with E-state index in [4.69, 9.17) is 22.1 Å². The van der Waals surface area contributed by atoms with Crippen molar-refractivity contribution >= 4 is 17.5 Å². The fourth-order valence-corrected chi connectivity index (χ4v) is 2.16. The van der Waals surface area contributed by atoms with Gasteiger partial charge in [-0.25, -0.2) is 4.98 Å². The van der Waals surface area contributed by atoms with Gasteiger partial charge in [-0.05, 0) is 36.2 Å². The minimum atomic E-state index is -4.30. The van der Waals surface area contributed by atoms with Crippen molar-refractivity contribution in [3.8, 4) is 5.75 Å². The first kappa shape index (κ1) is 18.1. The molecule has 2 rings (SSSR count). The number of hydrogen-bond donors (Lipinski definition) is 1. The van der Waals surface area contributed by atoms with E-state index in [2.05, 4.69) is 4.98 Å². The average molecular weight is 359 g/mol. The topological polar surface area (TPSA) is 65.2 Å². The normalized spacial score (nSPS) is 12.7. The summed E-state index contributed by atoms with van der Waals surface area (Å²) in [6.45, 7) is 0. The van der Waals surface area contributed by atoms with Gasteiger partial charge in [0, 0.05) is 12.0 Å². The molecule has 1 amide bonds. The third kappa shape index (κ3) is 5.42. The number of carbonyl (C=O) groups excluding carboxylic acids is 1. The fourth-order valence-electron chi connectivity index (χ4n) is 2.05. The fraction of sp³-hybridized carbons (Fsp3) is 0.250. The van der Waals surface area contributed by atoms with Crippen molar-refractivity contribution in [2.24, 2.45) is 5.73 Å². The molecule has 1 heterocycles. The first-order valence-corrected chi connectivity index (χ1v) is 7.37. The van der Waals surface area contributed by atoms with E-state index in [9.17, 15) is 18.0 Å². The van der Waals surface area contributed by atoms with Gasteiger partial charge in [0.25, 0.3) is 0 Å². The highest BCUT2D eigenvalue weighted by molar-refractivity contribution is 6.29. The zero-order valence-electron chi connectivity index (χ0n) is 12.4. The summed E-state index contributed by atoms with van der Waals surface area (Å²) in [5.74, 6) is -0.318. The Kier molecular flexibility index (Phi) is 5.66. The smallest absolute Gasteiger partial charge is 0.389 e. The number of alkyl halides is 3. The summed E-state index contributed by atoms with van der Waals surface area (Å²) in [5, 5.41) is 0.250. The van der Waals surface area contributed by atoms with Gasteiger partial charge in [-0.15, -0.1) is 0 Å². The van der Waals surface area contributed by atoms with Crippen molar-refractivity contribution in [1.29, 1.82) is 0 Å². The predicted molar refractivity (Wildman–Crippen MR) is 82.9 cm³/mol. The molecule has 0 aliphatic heterocycles. The predicted octanol–water partition coefficient (Wildman–Crippen LogP) is 4.30. The van der Waals surface area contributed by atoms with E-state index in [0.29, 0.717) is 11.3 Å². The summed E-state index contributed by atoms with van der Waals surface area (Å²) in [6, 6.07) is 8.93. The number of nitrogens with zero attached hydrogens (tertiary/aromatic N) is 1. The van der Waals surface area contributed by atoms with Gasteiger partial charge in [0.1, 0.15) is 17.0 Å². The van der Waals surface area contributed by atoms with Gasteiger partial charge < -0.3 is 10.5 Å². The molecule has 0 radical (unpaired) electrons. The van der Waals surface area contributed by atoms with E-state index in [-0.39, 0.29) is 17.1 Å². The van der Waals surface area contributed by atoms with Crippen LogP contribution in [0.25, 0.3) is 0 Å². The van der Waals surface area contributed by atoms with Crippen molar-refractivity contribution in [2.75, 3.05) is 0 Å². The minimum absolute atomic E-state index is 0.250. The van der Waals surface area contributed by atoms with Crippen LogP contribution in [0.5, 0.6) is 5.75 Å². The minimum Gasteiger partial charge on any atom is -0.484 e. The summed E-state index contributed by atoms with van der Waals surface area (Å²) in [6.07, 6.45) is -5.09. The van der Waals surface area contributed by atoms with Crippen LogP contribution in [-0.4, -0.2) is 17.1 Å². The number of nitrogens with two attached hydrogens (primary N) is 1. The Morgan fingerprint density at radius 3 is 2.38 bits per heavy atom. The number of pyridine rings is 1. The Morgan fingerprint density at radius 2 is 1.88 bits per heavy atom. The highest BCUT2D eigenvalue weighted by Gasteiger charge is 2.29. The molecule has 24 heavy (non-hydrogen) atoms. The van der Waals surface area contributed by atoms with Crippen LogP contribution in [0.4, 0.5) is 13.2 Å². The number of halogens is 4. The van der Waals surface area contributed by atoms with Crippen molar-refractivity contribution < 1.29 is 22.7 Å². The summed E-state index contributed by atoms with van der Waals surface area (Å²) < 4.78 is 43.3. The molecule has 0 fully saturated rings. The largest absolute Gasteiger partial charge is 0.484 e. The number of hydrogen-bond acceptors (Lipinski definition) is 3. The molecule has 128 valence electrons. The zero-order valence-corrected chi connectivity index (χ0v) is 13.1. The van der Waals surface area contributed by atoms with Crippen LogP contribution in [0.15, 0.2) is 42.6 Å². The highest BCUT2D eigenvalue weighted by atomic mass is 35.5. The Morgan fingerprint density at radius 1 is 1.21 bits per heavy atom. The second-order valence-electron chi connectivity index (χ2n) is 5.06. The van der Waals surface area contributed by atoms with Crippen LogP contribution in [0.2, 0.25) is 5.15 Å². The van der Waals surface area contributed by atoms with E-state index in [1.54, 1.807) is 0 Å². The molecule has 0 spiro atoms. The lowest BCUT2D eigenvalue weighted by atomic mass is 10.0. The highest BCUT2D eigenvalue weighted by Crippen LogP contribution is 2.31. The molecule has 2 N–H and O–H groups in total. The van der Waals surface area contributed by atoms with Crippen molar-refractivity contribution in [1.82, 2.24) is 4.98 Å². The van der Waals surface area contributed by atoms with Crippen LogP contribution in [0.3, 0.4) is 0 Å². The molecule has 0 bridgehead atoms. The maximum absolute atomic E-state index is 12.5. The zero-order chi connectivity index (χ0) is 17.7. The molecule has 0 aliphatic rings. The molecule has 0 aliphatic carbocycles.